The van der Waals surface area contributed by atoms with Crippen molar-refractivity contribution in [1.29, 1.82) is 0 Å². The molecular weight excluding hydrogens is 387 g/mol. The van der Waals surface area contributed by atoms with Crippen LogP contribution in [-0.4, -0.2) is 30.9 Å². The molecular formula is C23H21FN2O4. The summed E-state index contributed by atoms with van der Waals surface area (Å²) < 4.78 is 18.0. The molecule has 0 saturated carbocycles. The summed E-state index contributed by atoms with van der Waals surface area (Å²) in [6.07, 6.45) is 0. The van der Waals surface area contributed by atoms with Gasteiger partial charge in [-0.1, -0.05) is 48.5 Å². The third-order valence-electron chi connectivity index (χ3n) is 4.51. The van der Waals surface area contributed by atoms with Crippen molar-refractivity contribution in [2.75, 3.05) is 13.2 Å². The Kier molecular flexibility index (Phi) is 6.75. The van der Waals surface area contributed by atoms with Crippen LogP contribution in [0.25, 0.3) is 10.8 Å². The van der Waals surface area contributed by atoms with Crippen molar-refractivity contribution in [3.8, 4) is 0 Å². The molecule has 2 amide bonds. The topological polar surface area (TPSA) is 84.5 Å². The van der Waals surface area contributed by atoms with Gasteiger partial charge in [-0.05, 0) is 41.5 Å². The lowest BCUT2D eigenvalue weighted by molar-refractivity contribution is -0.147. The lowest BCUT2D eigenvalue weighted by Gasteiger charge is -2.16. The maximum absolute atomic E-state index is 13.1. The Morgan fingerprint density at radius 3 is 2.53 bits per heavy atom. The van der Waals surface area contributed by atoms with Gasteiger partial charge in [0, 0.05) is 5.56 Å². The van der Waals surface area contributed by atoms with Crippen LogP contribution in [0.2, 0.25) is 0 Å². The van der Waals surface area contributed by atoms with Crippen molar-refractivity contribution < 1.29 is 23.5 Å². The first-order valence-electron chi connectivity index (χ1n) is 9.40. The van der Waals surface area contributed by atoms with E-state index in [0.29, 0.717) is 0 Å². The molecule has 0 fully saturated rings. The van der Waals surface area contributed by atoms with Crippen molar-refractivity contribution >= 4 is 28.6 Å². The van der Waals surface area contributed by atoms with E-state index in [9.17, 15) is 18.8 Å². The minimum atomic E-state index is -0.771. The van der Waals surface area contributed by atoms with E-state index in [2.05, 4.69) is 10.6 Å². The zero-order chi connectivity index (χ0) is 21.5. The number of nitrogens with one attached hydrogen (secondary N) is 2. The van der Waals surface area contributed by atoms with Gasteiger partial charge in [0.1, 0.15) is 12.4 Å². The number of ether oxygens (including phenoxy) is 1. The number of hydrogen-bond donors (Lipinski definition) is 2. The Labute approximate surface area is 173 Å². The molecule has 0 unspecified atom stereocenters. The molecule has 7 heteroatoms. The molecule has 0 spiro atoms. The summed E-state index contributed by atoms with van der Waals surface area (Å²) in [5.74, 6) is -2.39. The predicted molar refractivity (Wildman–Crippen MR) is 110 cm³/mol. The Balaban J connectivity index is 1.47. The smallest absolute Gasteiger partial charge is 0.325 e. The van der Waals surface area contributed by atoms with Gasteiger partial charge in [0.15, 0.2) is 6.61 Å². The largest absolute Gasteiger partial charge is 0.454 e. The molecule has 0 aliphatic carbocycles. The Hall–Kier alpha value is -3.74. The van der Waals surface area contributed by atoms with Crippen molar-refractivity contribution in [3.05, 3.63) is 83.7 Å². The average Bonchev–Trinajstić information content (AvgIpc) is 2.75. The van der Waals surface area contributed by atoms with Crippen molar-refractivity contribution in [3.63, 3.8) is 0 Å². The van der Waals surface area contributed by atoms with Crippen LogP contribution >= 0.6 is 0 Å². The summed E-state index contributed by atoms with van der Waals surface area (Å²) in [5.41, 5.74) is 1.04. The Bertz CT molecular complexity index is 1080. The lowest BCUT2D eigenvalue weighted by Crippen LogP contribution is -2.34. The Morgan fingerprint density at radius 2 is 1.73 bits per heavy atom. The number of benzene rings is 3. The molecule has 0 aliphatic rings. The normalized spacial score (nSPS) is 11.5. The predicted octanol–water partition coefficient (Wildman–Crippen LogP) is 3.13. The van der Waals surface area contributed by atoms with E-state index >= 15 is 0 Å². The highest BCUT2D eigenvalue weighted by molar-refractivity contribution is 5.96. The van der Waals surface area contributed by atoms with Crippen LogP contribution in [0.3, 0.4) is 0 Å². The van der Waals surface area contributed by atoms with Gasteiger partial charge in [0.05, 0.1) is 6.04 Å². The molecule has 30 heavy (non-hydrogen) atoms. The van der Waals surface area contributed by atoms with Gasteiger partial charge >= 0.3 is 5.97 Å². The number of halogens is 1. The van der Waals surface area contributed by atoms with Gasteiger partial charge in [-0.15, -0.1) is 0 Å². The van der Waals surface area contributed by atoms with Gasteiger partial charge in [-0.2, -0.15) is 0 Å². The number of carbonyl (C=O) groups is 3. The second kappa shape index (κ2) is 9.65. The van der Waals surface area contributed by atoms with E-state index in [4.69, 9.17) is 4.74 Å². The van der Waals surface area contributed by atoms with Crippen molar-refractivity contribution in [1.82, 2.24) is 10.6 Å². The van der Waals surface area contributed by atoms with E-state index in [1.165, 1.54) is 18.2 Å². The van der Waals surface area contributed by atoms with Crippen LogP contribution in [0.5, 0.6) is 0 Å². The number of hydrogen-bond acceptors (Lipinski definition) is 4. The summed E-state index contributed by atoms with van der Waals surface area (Å²) in [6.45, 7) is 0.950. The van der Waals surface area contributed by atoms with E-state index in [1.807, 2.05) is 49.4 Å². The minimum Gasteiger partial charge on any atom is -0.454 e. The summed E-state index contributed by atoms with van der Waals surface area (Å²) in [4.78, 5) is 35.8. The molecule has 0 aromatic heterocycles. The van der Waals surface area contributed by atoms with Crippen LogP contribution in [0.4, 0.5) is 4.39 Å². The second-order valence-electron chi connectivity index (χ2n) is 6.71. The average molecular weight is 408 g/mol. The van der Waals surface area contributed by atoms with Gasteiger partial charge in [0.25, 0.3) is 11.8 Å². The SMILES string of the molecule is C[C@@H](NC(=O)COC(=O)CNC(=O)c1cccc(F)c1)c1cccc2ccccc12. The first-order chi connectivity index (χ1) is 14.4. The van der Waals surface area contributed by atoms with E-state index in [1.54, 1.807) is 0 Å². The molecule has 0 saturated heterocycles. The van der Waals surface area contributed by atoms with E-state index in [0.717, 1.165) is 22.4 Å². The monoisotopic (exact) mass is 408 g/mol. The fourth-order valence-corrected chi connectivity index (χ4v) is 3.07. The second-order valence-corrected chi connectivity index (χ2v) is 6.71. The highest BCUT2D eigenvalue weighted by Crippen LogP contribution is 2.23. The van der Waals surface area contributed by atoms with Crippen LogP contribution in [0.15, 0.2) is 66.7 Å². The van der Waals surface area contributed by atoms with Gasteiger partial charge in [-0.3, -0.25) is 14.4 Å². The highest BCUT2D eigenvalue weighted by Gasteiger charge is 2.15. The molecule has 2 N–H and O–H groups in total. The molecule has 0 radical (unpaired) electrons. The summed E-state index contributed by atoms with van der Waals surface area (Å²) >= 11 is 0. The van der Waals surface area contributed by atoms with Gasteiger partial charge in [-0.25, -0.2) is 4.39 Å². The van der Waals surface area contributed by atoms with Crippen LogP contribution in [0, 0.1) is 5.82 Å². The molecule has 154 valence electrons. The number of esters is 1. The molecule has 3 rings (SSSR count). The maximum Gasteiger partial charge on any atom is 0.325 e. The van der Waals surface area contributed by atoms with Crippen LogP contribution < -0.4 is 10.6 Å². The molecule has 6 nitrogen and oxygen atoms in total. The fourth-order valence-electron chi connectivity index (χ4n) is 3.07. The first kappa shape index (κ1) is 21.0. The highest BCUT2D eigenvalue weighted by atomic mass is 19.1. The molecule has 0 bridgehead atoms. The molecule has 3 aromatic rings. The lowest BCUT2D eigenvalue weighted by atomic mass is 10.00. The fraction of sp³-hybridized carbons (Fsp3) is 0.174. The summed E-state index contributed by atoms with van der Waals surface area (Å²) in [7, 11) is 0. The molecule has 0 aliphatic heterocycles. The van der Waals surface area contributed by atoms with Crippen LogP contribution in [0.1, 0.15) is 28.9 Å². The first-order valence-corrected chi connectivity index (χ1v) is 9.40. The third kappa shape index (κ3) is 5.41. The molecule has 0 heterocycles. The summed E-state index contributed by atoms with van der Waals surface area (Å²) in [5, 5.41) is 7.22. The minimum absolute atomic E-state index is 0.0875. The zero-order valence-electron chi connectivity index (χ0n) is 16.4. The molecule has 3 aromatic carbocycles. The Morgan fingerprint density at radius 1 is 1.00 bits per heavy atom. The quantitative estimate of drug-likeness (QED) is 0.589. The maximum atomic E-state index is 13.1. The number of amides is 2. The number of carbonyl (C=O) groups excluding carboxylic acids is 3. The van der Waals surface area contributed by atoms with Gasteiger partial charge in [0.2, 0.25) is 0 Å². The van der Waals surface area contributed by atoms with E-state index in [-0.39, 0.29) is 11.6 Å². The van der Waals surface area contributed by atoms with Crippen molar-refractivity contribution in [2.45, 2.75) is 13.0 Å². The van der Waals surface area contributed by atoms with Crippen LogP contribution in [-0.2, 0) is 14.3 Å². The number of rotatable bonds is 7. The van der Waals surface area contributed by atoms with E-state index < -0.39 is 36.8 Å². The summed E-state index contributed by atoms with van der Waals surface area (Å²) in [6, 6.07) is 18.5. The number of fused-ring (bicyclic) bond motifs is 1. The molecule has 1 atom stereocenters. The zero-order valence-corrected chi connectivity index (χ0v) is 16.4. The third-order valence-corrected chi connectivity index (χ3v) is 4.51. The van der Waals surface area contributed by atoms with Crippen molar-refractivity contribution in [2.24, 2.45) is 0 Å². The van der Waals surface area contributed by atoms with Gasteiger partial charge < -0.3 is 15.4 Å². The standard InChI is InChI=1S/C23H21FN2O4/c1-15(19-11-5-7-16-6-2-3-10-20(16)19)26-21(27)14-30-22(28)13-25-23(29)17-8-4-9-18(24)12-17/h2-12,15H,13-14H2,1H3,(H,25,29)(H,26,27)/t15-/m1/s1.